The minimum Gasteiger partial charge on any atom is -0.493 e. The number of benzene rings is 1. The zero-order valence-electron chi connectivity index (χ0n) is 9.69. The van der Waals surface area contributed by atoms with Crippen LogP contribution in [0.25, 0.3) is 0 Å². The summed E-state index contributed by atoms with van der Waals surface area (Å²) in [5, 5.41) is 0. The van der Waals surface area contributed by atoms with E-state index < -0.39 is 5.91 Å². The van der Waals surface area contributed by atoms with Crippen molar-refractivity contribution in [1.82, 2.24) is 0 Å². The Balaban J connectivity index is 2.76. The molecule has 0 saturated carbocycles. The zero-order valence-corrected chi connectivity index (χ0v) is 9.69. The molecule has 1 amide bonds. The van der Waals surface area contributed by atoms with Crippen LogP contribution in [0.3, 0.4) is 0 Å². The van der Waals surface area contributed by atoms with Crippen LogP contribution < -0.4 is 16.2 Å². The average Bonchev–Trinajstić information content (AvgIpc) is 2.16. The molecule has 4 heteroatoms. The lowest BCUT2D eigenvalue weighted by Gasteiger charge is -2.11. The molecule has 0 fully saturated rings. The first-order valence-corrected chi connectivity index (χ1v) is 5.33. The van der Waals surface area contributed by atoms with Gasteiger partial charge in [0.1, 0.15) is 5.75 Å². The summed E-state index contributed by atoms with van der Waals surface area (Å²) in [6, 6.07) is 4.85. The molecule has 0 unspecified atom stereocenters. The van der Waals surface area contributed by atoms with Gasteiger partial charge in [0.05, 0.1) is 12.2 Å². The molecule has 4 N–H and O–H groups in total. The third-order valence-electron chi connectivity index (χ3n) is 2.22. The average molecular weight is 222 g/mol. The largest absolute Gasteiger partial charge is 0.493 e. The van der Waals surface area contributed by atoms with E-state index in [2.05, 4.69) is 13.8 Å². The van der Waals surface area contributed by atoms with Crippen molar-refractivity contribution in [2.75, 3.05) is 12.3 Å². The Kier molecular flexibility index (Phi) is 4.17. The Morgan fingerprint density at radius 3 is 2.69 bits per heavy atom. The van der Waals surface area contributed by atoms with E-state index in [0.717, 1.165) is 6.42 Å². The van der Waals surface area contributed by atoms with Crippen molar-refractivity contribution < 1.29 is 9.53 Å². The normalized spacial score (nSPS) is 10.4. The van der Waals surface area contributed by atoms with Crippen molar-refractivity contribution in [3.8, 4) is 5.75 Å². The molecule has 0 heterocycles. The van der Waals surface area contributed by atoms with Crippen LogP contribution in [0.1, 0.15) is 30.6 Å². The van der Waals surface area contributed by atoms with Gasteiger partial charge in [0.15, 0.2) is 0 Å². The topological polar surface area (TPSA) is 78.3 Å². The maximum atomic E-state index is 11.1. The monoisotopic (exact) mass is 222 g/mol. The summed E-state index contributed by atoms with van der Waals surface area (Å²) in [4.78, 5) is 11.1. The smallest absolute Gasteiger partial charge is 0.252 e. The second-order valence-corrected chi connectivity index (χ2v) is 4.15. The molecule has 1 aromatic carbocycles. The van der Waals surface area contributed by atoms with Crippen LogP contribution in [0.5, 0.6) is 5.75 Å². The Bertz CT molecular complexity index is 375. The van der Waals surface area contributed by atoms with Gasteiger partial charge >= 0.3 is 0 Å². The van der Waals surface area contributed by atoms with E-state index in [4.69, 9.17) is 16.2 Å². The fraction of sp³-hybridized carbons (Fsp3) is 0.417. The number of anilines is 1. The van der Waals surface area contributed by atoms with Crippen molar-refractivity contribution in [2.45, 2.75) is 20.3 Å². The van der Waals surface area contributed by atoms with Gasteiger partial charge in [0.2, 0.25) is 0 Å². The zero-order chi connectivity index (χ0) is 12.1. The predicted octanol–water partition coefficient (Wildman–Crippen LogP) is 1.79. The summed E-state index contributed by atoms with van der Waals surface area (Å²) in [5.74, 6) is 0.519. The van der Waals surface area contributed by atoms with E-state index in [1.807, 2.05) is 0 Å². The van der Waals surface area contributed by atoms with Crippen molar-refractivity contribution in [3.05, 3.63) is 23.8 Å². The Hall–Kier alpha value is -1.71. The first-order valence-electron chi connectivity index (χ1n) is 5.33. The molecule has 0 aliphatic rings. The second-order valence-electron chi connectivity index (χ2n) is 4.15. The molecule has 0 aromatic heterocycles. The number of hydrogen-bond donors (Lipinski definition) is 2. The summed E-state index contributed by atoms with van der Waals surface area (Å²) in [7, 11) is 0. The molecule has 0 spiro atoms. The summed E-state index contributed by atoms with van der Waals surface area (Å²) >= 11 is 0. The number of rotatable bonds is 5. The molecule has 0 bridgehead atoms. The number of carbonyl (C=O) groups is 1. The van der Waals surface area contributed by atoms with Crippen LogP contribution in [0, 0.1) is 5.92 Å². The van der Waals surface area contributed by atoms with Crippen molar-refractivity contribution in [2.24, 2.45) is 11.7 Å². The van der Waals surface area contributed by atoms with E-state index >= 15 is 0 Å². The Labute approximate surface area is 95.6 Å². The van der Waals surface area contributed by atoms with Crippen LogP contribution >= 0.6 is 0 Å². The molecule has 16 heavy (non-hydrogen) atoms. The lowest BCUT2D eigenvalue weighted by Crippen LogP contribution is -2.14. The SMILES string of the molecule is CC(C)CCOc1cc(N)ccc1C(N)=O. The number of nitrogens with two attached hydrogens (primary N) is 2. The van der Waals surface area contributed by atoms with Crippen molar-refractivity contribution in [1.29, 1.82) is 0 Å². The highest BCUT2D eigenvalue weighted by molar-refractivity contribution is 5.96. The van der Waals surface area contributed by atoms with Gasteiger partial charge in [-0.2, -0.15) is 0 Å². The van der Waals surface area contributed by atoms with Gasteiger partial charge in [0.25, 0.3) is 5.91 Å². The Morgan fingerprint density at radius 2 is 2.12 bits per heavy atom. The maximum absolute atomic E-state index is 11.1. The maximum Gasteiger partial charge on any atom is 0.252 e. The van der Waals surface area contributed by atoms with E-state index in [1.165, 1.54) is 0 Å². The molecule has 1 aromatic rings. The van der Waals surface area contributed by atoms with Gasteiger partial charge in [-0.3, -0.25) is 4.79 Å². The van der Waals surface area contributed by atoms with Crippen molar-refractivity contribution in [3.63, 3.8) is 0 Å². The van der Waals surface area contributed by atoms with Gasteiger partial charge in [0, 0.05) is 11.8 Å². The molecule has 88 valence electrons. The van der Waals surface area contributed by atoms with E-state index in [-0.39, 0.29) is 0 Å². The van der Waals surface area contributed by atoms with E-state index in [0.29, 0.717) is 29.5 Å². The third kappa shape index (κ3) is 3.46. The summed E-state index contributed by atoms with van der Waals surface area (Å²) < 4.78 is 5.51. The molecular weight excluding hydrogens is 204 g/mol. The second kappa shape index (κ2) is 5.39. The first-order chi connectivity index (χ1) is 7.50. The van der Waals surface area contributed by atoms with Crippen molar-refractivity contribution >= 4 is 11.6 Å². The molecular formula is C12H18N2O2. The number of carbonyl (C=O) groups excluding carboxylic acids is 1. The van der Waals surface area contributed by atoms with Crippen LogP contribution in [0.15, 0.2) is 18.2 Å². The van der Waals surface area contributed by atoms with Gasteiger partial charge in [-0.05, 0) is 24.5 Å². The molecule has 0 saturated heterocycles. The molecule has 0 aliphatic carbocycles. The minimum absolute atomic E-state index is 0.373. The molecule has 4 nitrogen and oxygen atoms in total. The predicted molar refractivity (Wildman–Crippen MR) is 64.3 cm³/mol. The minimum atomic E-state index is -0.500. The van der Waals surface area contributed by atoms with Gasteiger partial charge in [-0.1, -0.05) is 13.8 Å². The number of nitrogen functional groups attached to an aromatic ring is 1. The fourth-order valence-electron chi connectivity index (χ4n) is 1.27. The summed E-state index contributed by atoms with van der Waals surface area (Å²) in [6.07, 6.45) is 0.924. The van der Waals surface area contributed by atoms with Gasteiger partial charge in [-0.25, -0.2) is 0 Å². The van der Waals surface area contributed by atoms with E-state index in [9.17, 15) is 4.79 Å². The molecule has 0 atom stereocenters. The van der Waals surface area contributed by atoms with Crippen LogP contribution in [0.4, 0.5) is 5.69 Å². The number of primary amides is 1. The highest BCUT2D eigenvalue weighted by Gasteiger charge is 2.09. The summed E-state index contributed by atoms with van der Waals surface area (Å²) in [5.41, 5.74) is 11.8. The molecule has 1 rings (SSSR count). The van der Waals surface area contributed by atoms with Crippen LogP contribution in [-0.2, 0) is 0 Å². The summed E-state index contributed by atoms with van der Waals surface area (Å²) in [6.45, 7) is 4.77. The highest BCUT2D eigenvalue weighted by atomic mass is 16.5. The Morgan fingerprint density at radius 1 is 1.44 bits per heavy atom. The number of hydrogen-bond acceptors (Lipinski definition) is 3. The van der Waals surface area contributed by atoms with E-state index in [1.54, 1.807) is 18.2 Å². The number of amides is 1. The van der Waals surface area contributed by atoms with Gasteiger partial charge < -0.3 is 16.2 Å². The molecule has 0 aliphatic heterocycles. The standard InChI is InChI=1S/C12H18N2O2/c1-8(2)5-6-16-11-7-9(13)3-4-10(11)12(14)15/h3-4,7-8H,5-6,13H2,1-2H3,(H2,14,15). The highest BCUT2D eigenvalue weighted by Crippen LogP contribution is 2.21. The van der Waals surface area contributed by atoms with Gasteiger partial charge in [-0.15, -0.1) is 0 Å². The lowest BCUT2D eigenvalue weighted by molar-refractivity contribution is 0.0996. The lowest BCUT2D eigenvalue weighted by atomic mass is 10.1. The fourth-order valence-corrected chi connectivity index (χ4v) is 1.27. The number of ether oxygens (including phenoxy) is 1. The van der Waals surface area contributed by atoms with Crippen LogP contribution in [0.2, 0.25) is 0 Å². The third-order valence-corrected chi connectivity index (χ3v) is 2.22. The molecule has 0 radical (unpaired) electrons. The first kappa shape index (κ1) is 12.4. The van der Waals surface area contributed by atoms with Crippen LogP contribution in [-0.4, -0.2) is 12.5 Å². The quantitative estimate of drug-likeness (QED) is 0.745.